The van der Waals surface area contributed by atoms with Gasteiger partial charge in [0.05, 0.1) is 11.3 Å². The zero-order chi connectivity index (χ0) is 22.3. The van der Waals surface area contributed by atoms with Crippen LogP contribution in [0.15, 0.2) is 36.4 Å². The number of nitrogens with zero attached hydrogens (tertiary/aromatic N) is 1. The lowest BCUT2D eigenvalue weighted by Gasteiger charge is -2.52. The van der Waals surface area contributed by atoms with Crippen molar-refractivity contribution in [1.82, 2.24) is 5.32 Å². The van der Waals surface area contributed by atoms with Crippen LogP contribution in [0.2, 0.25) is 0 Å². The average molecular weight is 430 g/mol. The number of hydrogen-bond donors (Lipinski definition) is 2. The number of hydrogen-bond acceptors (Lipinski definition) is 3. The molecule has 1 atom stereocenters. The highest BCUT2D eigenvalue weighted by Gasteiger charge is 2.63. The zero-order valence-corrected chi connectivity index (χ0v) is 19.2. The largest absolute Gasteiger partial charge is 0.350 e. The number of fused-ring (bicyclic) bond motifs is 3. The van der Waals surface area contributed by atoms with E-state index in [4.69, 9.17) is 0 Å². The molecule has 166 valence electrons. The molecule has 3 heterocycles. The Morgan fingerprint density at radius 1 is 0.906 bits per heavy atom. The molecule has 2 aromatic carbocycles. The predicted octanol–water partition coefficient (Wildman–Crippen LogP) is 5.12. The molecule has 2 amide bonds. The van der Waals surface area contributed by atoms with Gasteiger partial charge >= 0.3 is 0 Å². The van der Waals surface area contributed by atoms with Gasteiger partial charge in [-0.2, -0.15) is 0 Å². The fraction of sp³-hybridized carbons (Fsp3) is 0.481. The number of rotatable bonds is 0. The van der Waals surface area contributed by atoms with Crippen LogP contribution in [0.1, 0.15) is 85.8 Å². The first kappa shape index (κ1) is 19.8. The van der Waals surface area contributed by atoms with Crippen LogP contribution < -0.4 is 15.5 Å². The van der Waals surface area contributed by atoms with Crippen LogP contribution in [-0.4, -0.2) is 17.4 Å². The quantitative estimate of drug-likeness (QED) is 0.611. The van der Waals surface area contributed by atoms with Gasteiger partial charge in [-0.15, -0.1) is 0 Å². The fourth-order valence-electron chi connectivity index (χ4n) is 6.95. The van der Waals surface area contributed by atoms with E-state index >= 15 is 0 Å². The maximum atomic E-state index is 14.5. The minimum Gasteiger partial charge on any atom is -0.350 e. The number of nitrogens with one attached hydrogen (secondary N) is 2. The Balaban J connectivity index is 1.62. The Hall–Kier alpha value is -2.82. The van der Waals surface area contributed by atoms with Crippen LogP contribution >= 0.6 is 0 Å². The van der Waals surface area contributed by atoms with Crippen LogP contribution in [0.5, 0.6) is 0 Å². The molecule has 0 aromatic heterocycles. The molecule has 5 nitrogen and oxygen atoms in total. The first-order chi connectivity index (χ1) is 15.3. The summed E-state index contributed by atoms with van der Waals surface area (Å²) >= 11 is 0. The van der Waals surface area contributed by atoms with Gasteiger partial charge in [0.2, 0.25) is 5.66 Å². The van der Waals surface area contributed by atoms with Gasteiger partial charge in [-0.25, -0.2) is 0 Å². The monoisotopic (exact) mass is 429 g/mol. The van der Waals surface area contributed by atoms with Crippen molar-refractivity contribution in [2.45, 2.75) is 82.3 Å². The zero-order valence-electron chi connectivity index (χ0n) is 19.2. The first-order valence-corrected chi connectivity index (χ1v) is 12.0. The third-order valence-electron chi connectivity index (χ3n) is 8.21. The Morgan fingerprint density at radius 3 is 2.34 bits per heavy atom. The van der Waals surface area contributed by atoms with Crippen LogP contribution in [-0.2, 0) is 15.9 Å². The molecule has 1 aliphatic carbocycles. The maximum Gasteiger partial charge on any atom is 0.279 e. The second kappa shape index (κ2) is 6.37. The Kier molecular flexibility index (Phi) is 3.95. The predicted molar refractivity (Wildman–Crippen MR) is 126 cm³/mol. The fourth-order valence-corrected chi connectivity index (χ4v) is 6.95. The van der Waals surface area contributed by atoms with Crippen molar-refractivity contribution in [3.8, 4) is 0 Å². The summed E-state index contributed by atoms with van der Waals surface area (Å²) in [5.74, 6) is -0.225. The van der Waals surface area contributed by atoms with Gasteiger partial charge in [-0.1, -0.05) is 63.3 Å². The van der Waals surface area contributed by atoms with E-state index in [1.807, 2.05) is 18.2 Å². The molecule has 4 aliphatic rings. The molecule has 2 spiro atoms. The minimum atomic E-state index is -1.25. The molecule has 1 fully saturated rings. The number of carbonyl (C=O) groups excluding carboxylic acids is 2. The van der Waals surface area contributed by atoms with Gasteiger partial charge in [-0.3, -0.25) is 9.59 Å². The highest BCUT2D eigenvalue weighted by Crippen LogP contribution is 2.58. The maximum absolute atomic E-state index is 14.5. The molecule has 2 N–H and O–H groups in total. The molecule has 1 saturated carbocycles. The van der Waals surface area contributed by atoms with Crippen LogP contribution in [0.25, 0.3) is 0 Å². The van der Waals surface area contributed by atoms with Crippen molar-refractivity contribution in [1.29, 1.82) is 0 Å². The van der Waals surface area contributed by atoms with Crippen molar-refractivity contribution in [3.05, 3.63) is 58.7 Å². The summed E-state index contributed by atoms with van der Waals surface area (Å²) in [4.78, 5) is 29.8. The van der Waals surface area contributed by atoms with Crippen LogP contribution in [0, 0.1) is 6.92 Å². The highest BCUT2D eigenvalue weighted by molar-refractivity contribution is 6.16. The van der Waals surface area contributed by atoms with Crippen molar-refractivity contribution < 1.29 is 9.59 Å². The van der Waals surface area contributed by atoms with E-state index in [1.165, 1.54) is 18.4 Å². The summed E-state index contributed by atoms with van der Waals surface area (Å²) in [5.41, 5.74) is 4.09. The third kappa shape index (κ3) is 2.45. The molecular weight excluding hydrogens is 398 g/mol. The van der Waals surface area contributed by atoms with Gasteiger partial charge in [0.15, 0.2) is 0 Å². The Bertz CT molecular complexity index is 1160. The molecule has 3 aliphatic heterocycles. The topological polar surface area (TPSA) is 61.4 Å². The minimum absolute atomic E-state index is 0.0281. The molecule has 0 bridgehead atoms. The summed E-state index contributed by atoms with van der Waals surface area (Å²) < 4.78 is 0. The number of aryl methyl sites for hydroxylation is 1. The lowest BCUT2D eigenvalue weighted by atomic mass is 9.66. The van der Waals surface area contributed by atoms with E-state index in [0.29, 0.717) is 11.3 Å². The molecule has 2 aromatic rings. The average Bonchev–Trinajstić information content (AvgIpc) is 2.88. The molecule has 0 radical (unpaired) electrons. The first-order valence-electron chi connectivity index (χ1n) is 12.0. The van der Waals surface area contributed by atoms with E-state index in [1.54, 1.807) is 6.07 Å². The summed E-state index contributed by atoms with van der Waals surface area (Å²) in [6, 6.07) is 11.8. The van der Waals surface area contributed by atoms with E-state index in [-0.39, 0.29) is 22.8 Å². The third-order valence-corrected chi connectivity index (χ3v) is 8.21. The molecule has 6 rings (SSSR count). The molecule has 32 heavy (non-hydrogen) atoms. The molecule has 0 saturated heterocycles. The highest BCUT2D eigenvalue weighted by atomic mass is 16.2. The lowest BCUT2D eigenvalue weighted by molar-refractivity contribution is -0.124. The number of benzene rings is 2. The molecular formula is C27H31N3O2. The number of amides is 2. The summed E-state index contributed by atoms with van der Waals surface area (Å²) in [6.45, 7) is 6.73. The van der Waals surface area contributed by atoms with Crippen molar-refractivity contribution in [2.24, 2.45) is 0 Å². The smallest absolute Gasteiger partial charge is 0.279 e. The second-order valence-corrected chi connectivity index (χ2v) is 10.9. The molecule has 5 heteroatoms. The van der Waals surface area contributed by atoms with Gasteiger partial charge in [-0.05, 0) is 55.4 Å². The van der Waals surface area contributed by atoms with Crippen LogP contribution in [0.4, 0.5) is 11.4 Å². The normalized spacial score (nSPS) is 26.9. The van der Waals surface area contributed by atoms with Gasteiger partial charge < -0.3 is 15.5 Å². The number of para-hydroxylation sites is 1. The lowest BCUT2D eigenvalue weighted by Crippen LogP contribution is -2.64. The number of anilines is 2. The van der Waals surface area contributed by atoms with Gasteiger partial charge in [0, 0.05) is 16.8 Å². The SMILES string of the molecule is Cc1cc2c3c(c1)[C@@]1(NC(=O)c4ccccc4N1)C(=O)N3C1(CCCCCC1)CC2(C)C. The van der Waals surface area contributed by atoms with Gasteiger partial charge in [0.1, 0.15) is 0 Å². The van der Waals surface area contributed by atoms with Gasteiger partial charge in [0.25, 0.3) is 11.8 Å². The van der Waals surface area contributed by atoms with Crippen LogP contribution in [0.3, 0.4) is 0 Å². The second-order valence-electron chi connectivity index (χ2n) is 10.9. The Labute approximate surface area is 189 Å². The standard InChI is InChI=1S/C27H31N3O2/c1-17-14-19-22-20(15-17)27(28-21-11-7-6-10-18(21)23(31)29-27)24(32)30(22)26(16-25(19,2)3)12-8-4-5-9-13-26/h6-7,10-11,14-15,28H,4-5,8-9,12-13,16H2,1-3H3,(H,29,31)/t27-/m1/s1. The molecule has 0 unspecified atom stereocenters. The van der Waals surface area contributed by atoms with E-state index in [0.717, 1.165) is 48.9 Å². The van der Waals surface area contributed by atoms with E-state index in [9.17, 15) is 9.59 Å². The Morgan fingerprint density at radius 2 is 1.59 bits per heavy atom. The summed E-state index contributed by atoms with van der Waals surface area (Å²) in [6.07, 6.45) is 7.75. The summed E-state index contributed by atoms with van der Waals surface area (Å²) in [7, 11) is 0. The van der Waals surface area contributed by atoms with Crippen molar-refractivity contribution >= 4 is 23.2 Å². The summed E-state index contributed by atoms with van der Waals surface area (Å²) in [5, 5.41) is 6.62. The van der Waals surface area contributed by atoms with E-state index < -0.39 is 5.66 Å². The van der Waals surface area contributed by atoms with Crippen molar-refractivity contribution in [2.75, 3.05) is 10.2 Å². The van der Waals surface area contributed by atoms with Crippen molar-refractivity contribution in [3.63, 3.8) is 0 Å². The van der Waals surface area contributed by atoms with E-state index in [2.05, 4.69) is 48.4 Å². The number of carbonyl (C=O) groups is 2.